The summed E-state index contributed by atoms with van der Waals surface area (Å²) in [6, 6.07) is 0.289. The normalized spacial score (nSPS) is 23.9. The number of halogens is 1. The first-order valence-electron chi connectivity index (χ1n) is 6.04. The van der Waals surface area contributed by atoms with Crippen LogP contribution >= 0.6 is 11.6 Å². The number of likely N-dealkylation sites (tertiary alicyclic amines) is 1. The second kappa shape index (κ2) is 6.37. The summed E-state index contributed by atoms with van der Waals surface area (Å²) in [6.07, 6.45) is 5.19. The van der Waals surface area contributed by atoms with Crippen LogP contribution in [0.1, 0.15) is 46.0 Å². The third-order valence-electron chi connectivity index (χ3n) is 3.35. The summed E-state index contributed by atoms with van der Waals surface area (Å²) in [5.74, 6) is 1.39. The molecule has 88 valence electrons. The maximum absolute atomic E-state index is 12.0. The Morgan fingerprint density at radius 1 is 1.53 bits per heavy atom. The molecule has 1 saturated heterocycles. The number of alkyl halides is 1. The molecule has 0 radical (unpaired) electrons. The summed E-state index contributed by atoms with van der Waals surface area (Å²) in [6.45, 7) is 5.18. The van der Waals surface area contributed by atoms with Crippen LogP contribution in [0.5, 0.6) is 0 Å². The molecule has 0 aromatic rings. The Morgan fingerprint density at radius 2 is 2.27 bits per heavy atom. The molecule has 2 unspecified atom stereocenters. The first-order chi connectivity index (χ1) is 7.19. The fourth-order valence-corrected chi connectivity index (χ4v) is 2.37. The molecule has 15 heavy (non-hydrogen) atoms. The number of hydrogen-bond acceptors (Lipinski definition) is 1. The van der Waals surface area contributed by atoms with Crippen LogP contribution in [0.4, 0.5) is 0 Å². The summed E-state index contributed by atoms with van der Waals surface area (Å²) in [5, 5.41) is 0. The van der Waals surface area contributed by atoms with Crippen molar-refractivity contribution >= 4 is 17.5 Å². The van der Waals surface area contributed by atoms with Gasteiger partial charge in [0, 0.05) is 24.9 Å². The number of rotatable bonds is 4. The molecule has 1 fully saturated rings. The van der Waals surface area contributed by atoms with Crippen LogP contribution < -0.4 is 0 Å². The lowest BCUT2D eigenvalue weighted by atomic mass is 10.00. The van der Waals surface area contributed by atoms with Crippen LogP contribution in [0.2, 0.25) is 0 Å². The van der Waals surface area contributed by atoms with Gasteiger partial charge < -0.3 is 4.90 Å². The molecule has 0 saturated carbocycles. The fraction of sp³-hybridized carbons (Fsp3) is 0.917. The van der Waals surface area contributed by atoms with E-state index in [0.717, 1.165) is 25.8 Å². The smallest absolute Gasteiger partial charge is 0.223 e. The van der Waals surface area contributed by atoms with Crippen molar-refractivity contribution in [3.63, 3.8) is 0 Å². The highest BCUT2D eigenvalue weighted by atomic mass is 35.5. The summed E-state index contributed by atoms with van der Waals surface area (Å²) in [7, 11) is 0. The van der Waals surface area contributed by atoms with Crippen LogP contribution in [0.15, 0.2) is 0 Å². The van der Waals surface area contributed by atoms with Crippen LogP contribution in [0, 0.1) is 5.92 Å². The number of hydrogen-bond donors (Lipinski definition) is 0. The molecule has 1 aliphatic rings. The highest BCUT2D eigenvalue weighted by Crippen LogP contribution is 2.20. The Labute approximate surface area is 98.0 Å². The second-order valence-electron chi connectivity index (χ2n) is 4.61. The molecule has 0 aliphatic carbocycles. The van der Waals surface area contributed by atoms with Gasteiger partial charge in [-0.2, -0.15) is 0 Å². The van der Waals surface area contributed by atoms with Gasteiger partial charge in [0.15, 0.2) is 0 Å². The number of nitrogens with zero attached hydrogens (tertiary/aromatic N) is 1. The molecule has 1 aliphatic heterocycles. The first kappa shape index (κ1) is 12.8. The van der Waals surface area contributed by atoms with Gasteiger partial charge in [0.2, 0.25) is 5.91 Å². The van der Waals surface area contributed by atoms with Gasteiger partial charge in [0.05, 0.1) is 0 Å². The molecular weight excluding hydrogens is 210 g/mol. The lowest BCUT2D eigenvalue weighted by Crippen LogP contribution is -2.45. The molecular formula is C12H22ClNO. The number of carbonyl (C=O) groups excluding carboxylic acids is 1. The summed E-state index contributed by atoms with van der Waals surface area (Å²) < 4.78 is 0. The van der Waals surface area contributed by atoms with E-state index in [2.05, 4.69) is 13.8 Å². The third-order valence-corrected chi connectivity index (χ3v) is 3.70. The van der Waals surface area contributed by atoms with Gasteiger partial charge in [-0.25, -0.2) is 0 Å². The molecule has 0 N–H and O–H groups in total. The molecule has 0 bridgehead atoms. The standard InChI is InChI=1S/C12H22ClNO/c1-3-10(2)8-12(15)14-7-5-4-6-11(14)9-13/h10-11H,3-9H2,1-2H3. The van der Waals surface area contributed by atoms with Gasteiger partial charge in [-0.3, -0.25) is 4.79 Å². The number of amides is 1. The quantitative estimate of drug-likeness (QED) is 0.681. The molecule has 2 nitrogen and oxygen atoms in total. The predicted molar refractivity (Wildman–Crippen MR) is 64.1 cm³/mol. The molecule has 0 aromatic heterocycles. The van der Waals surface area contributed by atoms with E-state index in [1.54, 1.807) is 0 Å². The zero-order valence-corrected chi connectivity index (χ0v) is 10.6. The Bertz CT molecular complexity index is 208. The molecule has 3 heteroatoms. The van der Waals surface area contributed by atoms with Crippen LogP contribution in [0.3, 0.4) is 0 Å². The Balaban J connectivity index is 2.48. The maximum Gasteiger partial charge on any atom is 0.223 e. The largest absolute Gasteiger partial charge is 0.339 e. The van der Waals surface area contributed by atoms with Gasteiger partial charge in [-0.1, -0.05) is 20.3 Å². The predicted octanol–water partition coefficient (Wildman–Crippen LogP) is 3.04. The van der Waals surface area contributed by atoms with E-state index in [1.807, 2.05) is 4.90 Å². The molecule has 2 atom stereocenters. The second-order valence-corrected chi connectivity index (χ2v) is 4.92. The van der Waals surface area contributed by atoms with Gasteiger partial charge in [-0.05, 0) is 25.2 Å². The summed E-state index contributed by atoms with van der Waals surface area (Å²) >= 11 is 5.90. The number of piperidine rings is 1. The van der Waals surface area contributed by atoms with Gasteiger partial charge in [0.25, 0.3) is 0 Å². The van der Waals surface area contributed by atoms with E-state index in [4.69, 9.17) is 11.6 Å². The average Bonchev–Trinajstić information content (AvgIpc) is 2.28. The van der Waals surface area contributed by atoms with Crippen molar-refractivity contribution in [3.05, 3.63) is 0 Å². The van der Waals surface area contributed by atoms with Crippen LogP contribution in [0.25, 0.3) is 0 Å². The maximum atomic E-state index is 12.0. The Kier molecular flexibility index (Phi) is 5.44. The highest BCUT2D eigenvalue weighted by Gasteiger charge is 2.26. The Hall–Kier alpha value is -0.240. The van der Waals surface area contributed by atoms with Crippen molar-refractivity contribution in [2.45, 2.75) is 52.0 Å². The topological polar surface area (TPSA) is 20.3 Å². The molecule has 0 spiro atoms. The van der Waals surface area contributed by atoms with Crippen molar-refractivity contribution in [1.82, 2.24) is 4.90 Å². The minimum atomic E-state index is 0.289. The molecule has 1 rings (SSSR count). The van der Waals surface area contributed by atoms with Crippen molar-refractivity contribution in [2.24, 2.45) is 5.92 Å². The average molecular weight is 232 g/mol. The third kappa shape index (κ3) is 3.67. The SMILES string of the molecule is CCC(C)CC(=O)N1CCCCC1CCl. The van der Waals surface area contributed by atoms with Crippen LogP contribution in [-0.4, -0.2) is 29.3 Å². The fourth-order valence-electron chi connectivity index (χ4n) is 2.05. The highest BCUT2D eigenvalue weighted by molar-refractivity contribution is 6.18. The lowest BCUT2D eigenvalue weighted by molar-refractivity contribution is -0.135. The molecule has 0 aromatic carbocycles. The van der Waals surface area contributed by atoms with Crippen molar-refractivity contribution in [3.8, 4) is 0 Å². The monoisotopic (exact) mass is 231 g/mol. The Morgan fingerprint density at radius 3 is 2.87 bits per heavy atom. The van der Waals surface area contributed by atoms with Crippen molar-refractivity contribution in [1.29, 1.82) is 0 Å². The summed E-state index contributed by atoms with van der Waals surface area (Å²) in [5.41, 5.74) is 0. The summed E-state index contributed by atoms with van der Waals surface area (Å²) in [4.78, 5) is 14.0. The zero-order valence-electron chi connectivity index (χ0n) is 9.84. The van der Waals surface area contributed by atoms with E-state index in [1.165, 1.54) is 6.42 Å². The van der Waals surface area contributed by atoms with E-state index >= 15 is 0 Å². The molecule has 1 amide bonds. The van der Waals surface area contributed by atoms with Gasteiger partial charge in [-0.15, -0.1) is 11.6 Å². The minimum Gasteiger partial charge on any atom is -0.339 e. The number of carbonyl (C=O) groups is 1. The van der Waals surface area contributed by atoms with E-state index in [-0.39, 0.29) is 6.04 Å². The van der Waals surface area contributed by atoms with Crippen molar-refractivity contribution < 1.29 is 4.79 Å². The lowest BCUT2D eigenvalue weighted by Gasteiger charge is -2.35. The van der Waals surface area contributed by atoms with E-state index < -0.39 is 0 Å². The molecule has 1 heterocycles. The van der Waals surface area contributed by atoms with E-state index in [9.17, 15) is 4.79 Å². The van der Waals surface area contributed by atoms with Crippen LogP contribution in [-0.2, 0) is 4.79 Å². The first-order valence-corrected chi connectivity index (χ1v) is 6.57. The van der Waals surface area contributed by atoms with Gasteiger partial charge >= 0.3 is 0 Å². The van der Waals surface area contributed by atoms with Crippen molar-refractivity contribution in [2.75, 3.05) is 12.4 Å². The zero-order chi connectivity index (χ0) is 11.3. The van der Waals surface area contributed by atoms with Gasteiger partial charge in [0.1, 0.15) is 0 Å². The minimum absolute atomic E-state index is 0.289. The van der Waals surface area contributed by atoms with E-state index in [0.29, 0.717) is 24.1 Å².